The van der Waals surface area contributed by atoms with Crippen LogP contribution in [0.25, 0.3) is 0 Å². The molecule has 0 aromatic rings. The predicted octanol–water partition coefficient (Wildman–Crippen LogP) is 1.73. The lowest BCUT2D eigenvalue weighted by Crippen LogP contribution is -2.48. The molecule has 0 aromatic carbocycles. The molecular formula is C18H31NO4. The summed E-state index contributed by atoms with van der Waals surface area (Å²) in [6.07, 6.45) is 8.84. The van der Waals surface area contributed by atoms with Gasteiger partial charge in [-0.3, -0.25) is 4.79 Å². The molecule has 4 aliphatic carbocycles. The zero-order valence-corrected chi connectivity index (χ0v) is 14.1. The molecule has 0 aromatic heterocycles. The van der Waals surface area contributed by atoms with Crippen LogP contribution in [0.2, 0.25) is 0 Å². The number of carbonyl (C=O) groups is 1. The number of carbonyl (C=O) groups excluding carboxylic acids is 1. The second kappa shape index (κ2) is 7.95. The number of hydrogen-bond donors (Lipinski definition) is 2. The fourth-order valence-electron chi connectivity index (χ4n) is 5.56. The van der Waals surface area contributed by atoms with Crippen molar-refractivity contribution in [1.29, 1.82) is 0 Å². The Labute approximate surface area is 139 Å². The Balaban J connectivity index is 1.29. The van der Waals surface area contributed by atoms with E-state index in [1.54, 1.807) is 0 Å². The summed E-state index contributed by atoms with van der Waals surface area (Å²) >= 11 is 0. The van der Waals surface area contributed by atoms with Gasteiger partial charge in [0.25, 0.3) is 0 Å². The SMILES string of the molecule is O=C(CC12CC3CC(CC(C3)C1)C2)NCCOCCOCCO. The third-order valence-electron chi connectivity index (χ3n) is 5.88. The van der Waals surface area contributed by atoms with Gasteiger partial charge in [0.1, 0.15) is 0 Å². The van der Waals surface area contributed by atoms with Crippen molar-refractivity contribution in [2.75, 3.05) is 39.6 Å². The van der Waals surface area contributed by atoms with Gasteiger partial charge in [-0.1, -0.05) is 0 Å². The first-order chi connectivity index (χ1) is 11.2. The molecule has 0 heterocycles. The molecule has 5 heteroatoms. The number of nitrogens with one attached hydrogen (secondary N) is 1. The van der Waals surface area contributed by atoms with Gasteiger partial charge in [0, 0.05) is 13.0 Å². The lowest BCUT2D eigenvalue weighted by atomic mass is 9.49. The summed E-state index contributed by atoms with van der Waals surface area (Å²) in [7, 11) is 0. The number of rotatable bonds is 10. The maximum Gasteiger partial charge on any atom is 0.220 e. The minimum absolute atomic E-state index is 0.0420. The van der Waals surface area contributed by atoms with Gasteiger partial charge in [-0.05, 0) is 61.7 Å². The quantitative estimate of drug-likeness (QED) is 0.600. The van der Waals surface area contributed by atoms with E-state index in [9.17, 15) is 4.79 Å². The Morgan fingerprint density at radius 2 is 1.52 bits per heavy atom. The zero-order valence-electron chi connectivity index (χ0n) is 14.1. The van der Waals surface area contributed by atoms with Gasteiger partial charge in [-0.25, -0.2) is 0 Å². The minimum atomic E-state index is 0.0420. The van der Waals surface area contributed by atoms with Crippen LogP contribution in [-0.2, 0) is 14.3 Å². The molecule has 4 fully saturated rings. The van der Waals surface area contributed by atoms with Crippen molar-refractivity contribution in [2.24, 2.45) is 23.2 Å². The number of aliphatic hydroxyl groups is 1. The van der Waals surface area contributed by atoms with E-state index in [1.165, 1.54) is 38.5 Å². The fraction of sp³-hybridized carbons (Fsp3) is 0.944. The maximum absolute atomic E-state index is 12.3. The second-order valence-electron chi connectivity index (χ2n) is 7.89. The van der Waals surface area contributed by atoms with Crippen molar-refractivity contribution in [3.05, 3.63) is 0 Å². The normalized spacial score (nSPS) is 34.7. The lowest BCUT2D eigenvalue weighted by Gasteiger charge is -2.56. The van der Waals surface area contributed by atoms with Crippen LogP contribution in [0, 0.1) is 23.2 Å². The van der Waals surface area contributed by atoms with Gasteiger partial charge in [-0.2, -0.15) is 0 Å². The van der Waals surface area contributed by atoms with E-state index in [0.717, 1.165) is 24.2 Å². The van der Waals surface area contributed by atoms with Gasteiger partial charge in [0.05, 0.1) is 33.0 Å². The Hall–Kier alpha value is -0.650. The lowest BCUT2D eigenvalue weighted by molar-refractivity contribution is -0.129. The summed E-state index contributed by atoms with van der Waals surface area (Å²) in [5.74, 6) is 2.90. The van der Waals surface area contributed by atoms with Crippen LogP contribution in [0.5, 0.6) is 0 Å². The average molecular weight is 325 g/mol. The van der Waals surface area contributed by atoms with Crippen LogP contribution in [-0.4, -0.2) is 50.6 Å². The molecule has 0 spiro atoms. The zero-order chi connectivity index (χ0) is 16.1. The first-order valence-corrected chi connectivity index (χ1v) is 9.22. The molecule has 0 saturated heterocycles. The highest BCUT2D eigenvalue weighted by Crippen LogP contribution is 2.61. The topological polar surface area (TPSA) is 67.8 Å². The van der Waals surface area contributed by atoms with Gasteiger partial charge < -0.3 is 19.9 Å². The minimum Gasteiger partial charge on any atom is -0.394 e. The van der Waals surface area contributed by atoms with Crippen LogP contribution in [0.3, 0.4) is 0 Å². The van der Waals surface area contributed by atoms with E-state index in [-0.39, 0.29) is 12.5 Å². The molecule has 4 saturated carbocycles. The maximum atomic E-state index is 12.3. The molecule has 0 atom stereocenters. The molecule has 5 nitrogen and oxygen atoms in total. The third-order valence-corrected chi connectivity index (χ3v) is 5.88. The van der Waals surface area contributed by atoms with Crippen molar-refractivity contribution < 1.29 is 19.4 Å². The summed E-state index contributed by atoms with van der Waals surface area (Å²) in [4.78, 5) is 12.3. The number of ether oxygens (including phenoxy) is 2. The van der Waals surface area contributed by atoms with E-state index in [4.69, 9.17) is 14.6 Å². The number of amides is 1. The Morgan fingerprint density at radius 3 is 2.09 bits per heavy atom. The molecular weight excluding hydrogens is 294 g/mol. The second-order valence-corrected chi connectivity index (χ2v) is 7.89. The molecule has 132 valence electrons. The van der Waals surface area contributed by atoms with E-state index in [0.29, 0.717) is 38.4 Å². The van der Waals surface area contributed by atoms with Gasteiger partial charge in [0.15, 0.2) is 0 Å². The van der Waals surface area contributed by atoms with Crippen LogP contribution in [0.4, 0.5) is 0 Å². The van der Waals surface area contributed by atoms with Crippen LogP contribution in [0.1, 0.15) is 44.9 Å². The number of hydrogen-bond acceptors (Lipinski definition) is 4. The van der Waals surface area contributed by atoms with Gasteiger partial charge in [-0.15, -0.1) is 0 Å². The molecule has 0 aliphatic heterocycles. The van der Waals surface area contributed by atoms with E-state index < -0.39 is 0 Å². The van der Waals surface area contributed by atoms with Gasteiger partial charge >= 0.3 is 0 Å². The first-order valence-electron chi connectivity index (χ1n) is 9.22. The molecule has 4 bridgehead atoms. The summed E-state index contributed by atoms with van der Waals surface area (Å²) in [5, 5.41) is 11.6. The highest BCUT2D eigenvalue weighted by atomic mass is 16.5. The molecule has 4 aliphatic rings. The smallest absolute Gasteiger partial charge is 0.220 e. The summed E-state index contributed by atoms with van der Waals surface area (Å²) < 4.78 is 10.5. The highest BCUT2D eigenvalue weighted by Gasteiger charge is 2.51. The van der Waals surface area contributed by atoms with Gasteiger partial charge in [0.2, 0.25) is 5.91 Å². The molecule has 0 unspecified atom stereocenters. The monoisotopic (exact) mass is 325 g/mol. The van der Waals surface area contributed by atoms with Crippen LogP contribution >= 0.6 is 0 Å². The molecule has 2 N–H and O–H groups in total. The average Bonchev–Trinajstić information content (AvgIpc) is 2.48. The Kier molecular flexibility index (Phi) is 5.94. The number of aliphatic hydroxyl groups excluding tert-OH is 1. The molecule has 1 amide bonds. The largest absolute Gasteiger partial charge is 0.394 e. The van der Waals surface area contributed by atoms with Crippen molar-refractivity contribution in [2.45, 2.75) is 44.9 Å². The summed E-state index contributed by atoms with van der Waals surface area (Å²) in [5.41, 5.74) is 0.317. The van der Waals surface area contributed by atoms with Crippen molar-refractivity contribution >= 4 is 5.91 Å². The molecule has 0 radical (unpaired) electrons. The Morgan fingerprint density at radius 1 is 0.957 bits per heavy atom. The van der Waals surface area contributed by atoms with Crippen LogP contribution < -0.4 is 5.32 Å². The van der Waals surface area contributed by atoms with E-state index in [2.05, 4.69) is 5.32 Å². The highest BCUT2D eigenvalue weighted by molar-refractivity contribution is 5.76. The summed E-state index contributed by atoms with van der Waals surface area (Å²) in [6, 6.07) is 0. The van der Waals surface area contributed by atoms with E-state index in [1.807, 2.05) is 0 Å². The van der Waals surface area contributed by atoms with Crippen LogP contribution in [0.15, 0.2) is 0 Å². The first kappa shape index (κ1) is 17.2. The third kappa shape index (κ3) is 4.68. The predicted molar refractivity (Wildman–Crippen MR) is 87.0 cm³/mol. The standard InChI is InChI=1S/C18H31NO4/c20-2-4-23-6-5-22-3-1-19-17(21)13-18-10-14-7-15(11-18)9-16(8-14)12-18/h14-16,20H,1-13H2,(H,19,21). The fourth-order valence-corrected chi connectivity index (χ4v) is 5.56. The molecule has 23 heavy (non-hydrogen) atoms. The van der Waals surface area contributed by atoms with Crippen molar-refractivity contribution in [3.8, 4) is 0 Å². The van der Waals surface area contributed by atoms with E-state index >= 15 is 0 Å². The Bertz CT molecular complexity index is 363. The van der Waals surface area contributed by atoms with Crippen molar-refractivity contribution in [3.63, 3.8) is 0 Å². The molecule has 4 rings (SSSR count). The summed E-state index contributed by atoms with van der Waals surface area (Å²) in [6.45, 7) is 2.48. The van der Waals surface area contributed by atoms with Crippen molar-refractivity contribution in [1.82, 2.24) is 5.32 Å².